The maximum absolute atomic E-state index is 12.2. The zero-order valence-corrected chi connectivity index (χ0v) is 10.7. The van der Waals surface area contributed by atoms with Crippen molar-refractivity contribution < 1.29 is 9.59 Å². The predicted octanol–water partition coefficient (Wildman–Crippen LogP) is 2.19. The molecule has 1 spiro atoms. The van der Waals surface area contributed by atoms with E-state index in [2.05, 4.69) is 0 Å². The normalized spacial score (nSPS) is 36.9. The molecule has 0 aromatic carbocycles. The number of hydrogen-bond donors (Lipinski definition) is 0. The molecule has 1 saturated carbocycles. The number of nitrogens with zero attached hydrogens (tertiary/aromatic N) is 1. The summed E-state index contributed by atoms with van der Waals surface area (Å²) < 4.78 is 0. The molecule has 18 heavy (non-hydrogen) atoms. The molecule has 0 aromatic heterocycles. The van der Waals surface area contributed by atoms with Crippen LogP contribution in [0.2, 0.25) is 0 Å². The van der Waals surface area contributed by atoms with E-state index in [0.29, 0.717) is 5.92 Å². The SMILES string of the molecule is CC(=O)N1CC2CC23C1=CC(=O)C1=C3CCCC1. The van der Waals surface area contributed by atoms with Gasteiger partial charge in [-0.1, -0.05) is 5.57 Å². The van der Waals surface area contributed by atoms with E-state index in [-0.39, 0.29) is 17.1 Å². The number of likely N-dealkylation sites (tertiary alicyclic amines) is 1. The predicted molar refractivity (Wildman–Crippen MR) is 66.5 cm³/mol. The second-order valence-electron chi connectivity index (χ2n) is 6.06. The second-order valence-corrected chi connectivity index (χ2v) is 6.06. The van der Waals surface area contributed by atoms with E-state index >= 15 is 0 Å². The zero-order chi connectivity index (χ0) is 12.5. The third kappa shape index (κ3) is 1.06. The Balaban J connectivity index is 1.85. The molecule has 0 aromatic rings. The van der Waals surface area contributed by atoms with E-state index in [1.165, 1.54) is 12.0 Å². The minimum Gasteiger partial charge on any atom is -0.315 e. The lowest BCUT2D eigenvalue weighted by Crippen LogP contribution is -2.32. The molecule has 1 saturated heterocycles. The Labute approximate surface area is 107 Å². The van der Waals surface area contributed by atoms with Gasteiger partial charge in [-0.2, -0.15) is 0 Å². The maximum Gasteiger partial charge on any atom is 0.223 e. The number of piperidine rings is 1. The summed E-state index contributed by atoms with van der Waals surface area (Å²) in [5.74, 6) is 0.841. The van der Waals surface area contributed by atoms with Gasteiger partial charge in [-0.05, 0) is 43.6 Å². The smallest absolute Gasteiger partial charge is 0.223 e. The molecule has 3 heteroatoms. The Morgan fingerprint density at radius 3 is 2.94 bits per heavy atom. The van der Waals surface area contributed by atoms with Crippen LogP contribution in [0, 0.1) is 11.3 Å². The highest BCUT2D eigenvalue weighted by molar-refractivity contribution is 6.07. The number of rotatable bonds is 0. The summed E-state index contributed by atoms with van der Waals surface area (Å²) in [6, 6.07) is 0. The van der Waals surface area contributed by atoms with Gasteiger partial charge in [-0.3, -0.25) is 9.59 Å². The molecule has 1 amide bonds. The second kappa shape index (κ2) is 3.14. The molecule has 2 atom stereocenters. The first-order valence-corrected chi connectivity index (χ1v) is 6.91. The van der Waals surface area contributed by atoms with Crippen molar-refractivity contribution in [1.29, 1.82) is 0 Å². The van der Waals surface area contributed by atoms with Crippen LogP contribution in [0.15, 0.2) is 22.9 Å². The average molecular weight is 243 g/mol. The van der Waals surface area contributed by atoms with Crippen LogP contribution < -0.4 is 0 Å². The fraction of sp³-hybridized carbons (Fsp3) is 0.600. The van der Waals surface area contributed by atoms with Gasteiger partial charge in [0, 0.05) is 30.7 Å². The van der Waals surface area contributed by atoms with Crippen LogP contribution in [0.1, 0.15) is 39.0 Å². The van der Waals surface area contributed by atoms with Crippen LogP contribution in [-0.4, -0.2) is 23.1 Å². The van der Waals surface area contributed by atoms with E-state index in [1.54, 1.807) is 13.0 Å². The van der Waals surface area contributed by atoms with Crippen molar-refractivity contribution >= 4 is 11.7 Å². The Hall–Kier alpha value is -1.38. The van der Waals surface area contributed by atoms with Crippen LogP contribution >= 0.6 is 0 Å². The third-order valence-electron chi connectivity index (χ3n) is 5.21. The van der Waals surface area contributed by atoms with Gasteiger partial charge in [0.05, 0.1) is 0 Å². The lowest BCUT2D eigenvalue weighted by molar-refractivity contribution is -0.126. The van der Waals surface area contributed by atoms with Crippen molar-refractivity contribution in [3.05, 3.63) is 22.9 Å². The molecule has 2 fully saturated rings. The number of carbonyl (C=O) groups excluding carboxylic acids is 2. The maximum atomic E-state index is 12.2. The van der Waals surface area contributed by atoms with Gasteiger partial charge in [-0.25, -0.2) is 0 Å². The first-order chi connectivity index (χ1) is 8.64. The Kier molecular flexibility index (Phi) is 1.84. The zero-order valence-electron chi connectivity index (χ0n) is 10.7. The molecular formula is C15H17NO2. The third-order valence-corrected chi connectivity index (χ3v) is 5.21. The molecule has 1 aliphatic heterocycles. The summed E-state index contributed by atoms with van der Waals surface area (Å²) in [5.41, 5.74) is 3.60. The van der Waals surface area contributed by atoms with Crippen molar-refractivity contribution in [3.63, 3.8) is 0 Å². The van der Waals surface area contributed by atoms with E-state index in [0.717, 1.165) is 43.5 Å². The highest BCUT2D eigenvalue weighted by atomic mass is 16.2. The van der Waals surface area contributed by atoms with E-state index in [9.17, 15) is 9.59 Å². The molecule has 3 nitrogen and oxygen atoms in total. The molecule has 0 radical (unpaired) electrons. The summed E-state index contributed by atoms with van der Waals surface area (Å²) in [5, 5.41) is 0. The van der Waals surface area contributed by atoms with Crippen LogP contribution in [0.4, 0.5) is 0 Å². The Morgan fingerprint density at radius 2 is 2.17 bits per heavy atom. The highest BCUT2D eigenvalue weighted by Crippen LogP contribution is 2.70. The molecular weight excluding hydrogens is 226 g/mol. The average Bonchev–Trinajstić information content (AvgIpc) is 2.99. The monoisotopic (exact) mass is 243 g/mol. The van der Waals surface area contributed by atoms with Crippen molar-refractivity contribution in [2.45, 2.75) is 39.0 Å². The lowest BCUT2D eigenvalue weighted by atomic mass is 9.74. The summed E-state index contributed by atoms with van der Waals surface area (Å²) in [6.07, 6.45) is 7.29. The van der Waals surface area contributed by atoms with Crippen LogP contribution in [0.5, 0.6) is 0 Å². The minimum atomic E-state index is 0.0838. The van der Waals surface area contributed by atoms with E-state index in [1.807, 2.05) is 4.90 Å². The number of ketones is 1. The minimum absolute atomic E-state index is 0.0838. The van der Waals surface area contributed by atoms with Gasteiger partial charge in [0.15, 0.2) is 5.78 Å². The van der Waals surface area contributed by atoms with Crippen molar-refractivity contribution in [2.75, 3.05) is 6.54 Å². The Bertz CT molecular complexity index is 543. The van der Waals surface area contributed by atoms with E-state index < -0.39 is 0 Å². The molecule has 4 aliphatic rings. The first-order valence-electron chi connectivity index (χ1n) is 6.91. The number of amides is 1. The van der Waals surface area contributed by atoms with Gasteiger partial charge in [0.1, 0.15) is 0 Å². The fourth-order valence-electron chi connectivity index (χ4n) is 4.33. The number of allylic oxidation sites excluding steroid dienone is 3. The number of hydrogen-bond acceptors (Lipinski definition) is 2. The van der Waals surface area contributed by atoms with Gasteiger partial charge in [0.2, 0.25) is 5.91 Å². The molecule has 94 valence electrons. The summed E-state index contributed by atoms with van der Waals surface area (Å²) in [6.45, 7) is 2.43. The van der Waals surface area contributed by atoms with Crippen molar-refractivity contribution in [3.8, 4) is 0 Å². The molecule has 2 unspecified atom stereocenters. The Morgan fingerprint density at radius 1 is 1.39 bits per heavy atom. The molecule has 4 rings (SSSR count). The van der Waals surface area contributed by atoms with Gasteiger partial charge in [-0.15, -0.1) is 0 Å². The fourth-order valence-corrected chi connectivity index (χ4v) is 4.33. The van der Waals surface area contributed by atoms with Crippen LogP contribution in [0.3, 0.4) is 0 Å². The van der Waals surface area contributed by atoms with Crippen LogP contribution in [0.25, 0.3) is 0 Å². The number of carbonyl (C=O) groups is 2. The standard InChI is InChI=1S/C15H17NO2/c1-9(17)16-8-10-7-15(10)12-5-3-2-4-11(12)13(18)6-14(15)16/h6,10H,2-5,7-8H2,1H3. The van der Waals surface area contributed by atoms with E-state index in [4.69, 9.17) is 0 Å². The lowest BCUT2D eigenvalue weighted by Gasteiger charge is -2.33. The summed E-state index contributed by atoms with van der Waals surface area (Å²) in [7, 11) is 0. The first kappa shape index (κ1) is 10.5. The summed E-state index contributed by atoms with van der Waals surface area (Å²) in [4.78, 5) is 25.8. The molecule has 1 heterocycles. The topological polar surface area (TPSA) is 37.4 Å². The van der Waals surface area contributed by atoms with Gasteiger partial charge >= 0.3 is 0 Å². The molecule has 3 aliphatic carbocycles. The largest absolute Gasteiger partial charge is 0.315 e. The van der Waals surface area contributed by atoms with Crippen molar-refractivity contribution in [1.82, 2.24) is 4.90 Å². The van der Waals surface area contributed by atoms with Crippen molar-refractivity contribution in [2.24, 2.45) is 11.3 Å². The quantitative estimate of drug-likeness (QED) is 0.654. The molecule has 0 N–H and O–H groups in total. The van der Waals surface area contributed by atoms with Crippen LogP contribution in [-0.2, 0) is 9.59 Å². The van der Waals surface area contributed by atoms with Gasteiger partial charge < -0.3 is 4.90 Å². The molecule has 0 bridgehead atoms. The van der Waals surface area contributed by atoms with Gasteiger partial charge in [0.25, 0.3) is 0 Å². The highest BCUT2D eigenvalue weighted by Gasteiger charge is 2.67. The summed E-state index contributed by atoms with van der Waals surface area (Å²) >= 11 is 0.